The molecule has 78 valence electrons. The largest absolute Gasteiger partial charge is 0.336 e. The van der Waals surface area contributed by atoms with Crippen LogP contribution in [0.5, 0.6) is 0 Å². The van der Waals surface area contributed by atoms with Gasteiger partial charge >= 0.3 is 0 Å². The molecule has 0 aromatic carbocycles. The summed E-state index contributed by atoms with van der Waals surface area (Å²) in [4.78, 5) is 13.1. The molecule has 1 rings (SSSR count). The number of nitrogens with two attached hydrogens (primary N) is 1. The summed E-state index contributed by atoms with van der Waals surface area (Å²) < 4.78 is 0. The highest BCUT2D eigenvalue weighted by Gasteiger charge is 2.25. The lowest BCUT2D eigenvalue weighted by Crippen LogP contribution is -2.57. The Hall–Kier alpha value is -0.320. The quantitative estimate of drug-likeness (QED) is 0.614. The molecule has 0 radical (unpaired) electrons. The Balaban J connectivity index is 0.00000144. The van der Waals surface area contributed by atoms with Gasteiger partial charge in [0.15, 0.2) is 0 Å². The maximum atomic E-state index is 11.3. The molecule has 0 aliphatic carbocycles. The van der Waals surface area contributed by atoms with Crippen LogP contribution in [0.2, 0.25) is 0 Å². The van der Waals surface area contributed by atoms with Gasteiger partial charge in [0.25, 0.3) is 0 Å². The number of nitrogens with zero attached hydrogens (tertiary/aromatic N) is 1. The number of rotatable bonds is 1. The van der Waals surface area contributed by atoms with Gasteiger partial charge in [0, 0.05) is 25.2 Å². The summed E-state index contributed by atoms with van der Waals surface area (Å²) in [5.41, 5.74) is 5.30. The molecule has 13 heavy (non-hydrogen) atoms. The van der Waals surface area contributed by atoms with E-state index in [1.807, 2.05) is 11.8 Å². The number of piperazine rings is 1. The molecule has 0 bridgehead atoms. The van der Waals surface area contributed by atoms with E-state index in [-0.39, 0.29) is 30.9 Å². The van der Waals surface area contributed by atoms with E-state index in [4.69, 9.17) is 5.73 Å². The van der Waals surface area contributed by atoms with Gasteiger partial charge in [-0.2, -0.15) is 0 Å². The summed E-state index contributed by atoms with van der Waals surface area (Å²) in [5.74, 6) is 0.0517. The summed E-state index contributed by atoms with van der Waals surface area (Å²) in [6.07, 6.45) is 0. The number of hydrogen-bond donors (Lipinski definition) is 2. The standard InChI is InChI=1S/C8H17N3O.ClH/c1-6-5-11(8(12)3-9)7(2)4-10-6;/h6-7,10H,3-5,9H2,1-2H3;1H. The van der Waals surface area contributed by atoms with E-state index >= 15 is 0 Å². The van der Waals surface area contributed by atoms with E-state index in [2.05, 4.69) is 12.2 Å². The Bertz CT molecular complexity index is 177. The van der Waals surface area contributed by atoms with E-state index in [9.17, 15) is 4.79 Å². The highest BCUT2D eigenvalue weighted by molar-refractivity contribution is 5.85. The van der Waals surface area contributed by atoms with Crippen LogP contribution in [0.4, 0.5) is 0 Å². The third-order valence-electron chi connectivity index (χ3n) is 2.26. The topological polar surface area (TPSA) is 58.4 Å². The summed E-state index contributed by atoms with van der Waals surface area (Å²) in [7, 11) is 0. The Labute approximate surface area is 85.3 Å². The fourth-order valence-corrected chi connectivity index (χ4v) is 1.49. The second-order valence-corrected chi connectivity index (χ2v) is 3.41. The van der Waals surface area contributed by atoms with Crippen molar-refractivity contribution < 1.29 is 4.79 Å². The van der Waals surface area contributed by atoms with Crippen LogP contribution in [-0.2, 0) is 4.79 Å². The molecule has 1 fully saturated rings. The molecule has 5 heteroatoms. The predicted molar refractivity (Wildman–Crippen MR) is 54.9 cm³/mol. The van der Waals surface area contributed by atoms with Gasteiger partial charge in [0.1, 0.15) is 0 Å². The first-order chi connectivity index (χ1) is 5.65. The van der Waals surface area contributed by atoms with Crippen molar-refractivity contribution in [1.29, 1.82) is 0 Å². The second kappa shape index (κ2) is 5.42. The highest BCUT2D eigenvalue weighted by Crippen LogP contribution is 2.05. The van der Waals surface area contributed by atoms with Gasteiger partial charge in [-0.3, -0.25) is 4.79 Å². The molecule has 0 saturated carbocycles. The first-order valence-electron chi connectivity index (χ1n) is 4.38. The van der Waals surface area contributed by atoms with Gasteiger partial charge in [-0.05, 0) is 13.8 Å². The number of hydrogen-bond acceptors (Lipinski definition) is 3. The van der Waals surface area contributed by atoms with Crippen molar-refractivity contribution in [1.82, 2.24) is 10.2 Å². The van der Waals surface area contributed by atoms with Crippen molar-refractivity contribution in [3.63, 3.8) is 0 Å². The molecule has 1 aliphatic heterocycles. The Kier molecular flexibility index (Phi) is 5.29. The zero-order chi connectivity index (χ0) is 9.14. The lowest BCUT2D eigenvalue weighted by Gasteiger charge is -2.37. The molecule has 1 aliphatic rings. The van der Waals surface area contributed by atoms with Gasteiger partial charge in [0.05, 0.1) is 6.54 Å². The van der Waals surface area contributed by atoms with Gasteiger partial charge in [0.2, 0.25) is 5.91 Å². The SMILES string of the molecule is CC1CN(C(=O)CN)C(C)CN1.Cl. The minimum absolute atomic E-state index is 0. The van der Waals surface area contributed by atoms with Crippen LogP contribution < -0.4 is 11.1 Å². The van der Waals surface area contributed by atoms with Gasteiger partial charge < -0.3 is 16.0 Å². The Morgan fingerprint density at radius 3 is 2.77 bits per heavy atom. The molecule has 1 amide bonds. The third-order valence-corrected chi connectivity index (χ3v) is 2.26. The molecule has 0 aromatic rings. The summed E-state index contributed by atoms with van der Waals surface area (Å²) >= 11 is 0. The van der Waals surface area contributed by atoms with Crippen LogP contribution in [0.1, 0.15) is 13.8 Å². The van der Waals surface area contributed by atoms with Crippen LogP contribution in [0.15, 0.2) is 0 Å². The summed E-state index contributed by atoms with van der Waals surface area (Å²) in [6.45, 7) is 5.87. The van der Waals surface area contributed by atoms with Crippen molar-refractivity contribution in [2.75, 3.05) is 19.6 Å². The molecule has 0 aromatic heterocycles. The average molecular weight is 208 g/mol. The van der Waals surface area contributed by atoms with Crippen LogP contribution in [0, 0.1) is 0 Å². The Morgan fingerprint density at radius 1 is 1.62 bits per heavy atom. The monoisotopic (exact) mass is 207 g/mol. The number of carbonyl (C=O) groups excluding carboxylic acids is 1. The normalized spacial score (nSPS) is 28.1. The maximum absolute atomic E-state index is 11.3. The van der Waals surface area contributed by atoms with E-state index in [1.54, 1.807) is 0 Å². The van der Waals surface area contributed by atoms with Crippen molar-refractivity contribution in [2.45, 2.75) is 25.9 Å². The van der Waals surface area contributed by atoms with E-state index in [0.29, 0.717) is 6.04 Å². The molecule has 4 nitrogen and oxygen atoms in total. The summed E-state index contributed by atoms with van der Waals surface area (Å²) in [6, 6.07) is 0.661. The van der Waals surface area contributed by atoms with Gasteiger partial charge in [-0.1, -0.05) is 0 Å². The zero-order valence-electron chi connectivity index (χ0n) is 8.12. The fourth-order valence-electron chi connectivity index (χ4n) is 1.49. The first-order valence-corrected chi connectivity index (χ1v) is 4.38. The van der Waals surface area contributed by atoms with Crippen LogP contribution in [0.3, 0.4) is 0 Å². The lowest BCUT2D eigenvalue weighted by atomic mass is 10.1. The number of carbonyl (C=O) groups is 1. The maximum Gasteiger partial charge on any atom is 0.236 e. The molecule has 1 heterocycles. The number of halogens is 1. The minimum atomic E-state index is 0. The number of nitrogens with one attached hydrogen (secondary N) is 1. The smallest absolute Gasteiger partial charge is 0.236 e. The first kappa shape index (κ1) is 12.7. The highest BCUT2D eigenvalue weighted by atomic mass is 35.5. The van der Waals surface area contributed by atoms with Crippen LogP contribution >= 0.6 is 12.4 Å². The Morgan fingerprint density at radius 2 is 2.23 bits per heavy atom. The fraction of sp³-hybridized carbons (Fsp3) is 0.875. The molecule has 2 unspecified atom stereocenters. The molecule has 1 saturated heterocycles. The molecule has 0 spiro atoms. The van der Waals surface area contributed by atoms with Crippen LogP contribution in [-0.4, -0.2) is 42.5 Å². The van der Waals surface area contributed by atoms with Crippen molar-refractivity contribution >= 4 is 18.3 Å². The molecule has 2 atom stereocenters. The third kappa shape index (κ3) is 3.14. The van der Waals surface area contributed by atoms with E-state index in [0.717, 1.165) is 13.1 Å². The van der Waals surface area contributed by atoms with Crippen LogP contribution in [0.25, 0.3) is 0 Å². The average Bonchev–Trinajstić information content (AvgIpc) is 2.08. The van der Waals surface area contributed by atoms with Gasteiger partial charge in [-0.25, -0.2) is 0 Å². The van der Waals surface area contributed by atoms with E-state index < -0.39 is 0 Å². The van der Waals surface area contributed by atoms with Gasteiger partial charge in [-0.15, -0.1) is 12.4 Å². The number of amides is 1. The van der Waals surface area contributed by atoms with Crippen molar-refractivity contribution in [3.05, 3.63) is 0 Å². The van der Waals surface area contributed by atoms with Crippen molar-refractivity contribution in [2.24, 2.45) is 5.73 Å². The second-order valence-electron chi connectivity index (χ2n) is 3.41. The molecular formula is C8H18ClN3O. The van der Waals surface area contributed by atoms with E-state index in [1.165, 1.54) is 0 Å². The lowest BCUT2D eigenvalue weighted by molar-refractivity contribution is -0.133. The predicted octanol–water partition coefficient (Wildman–Crippen LogP) is -0.424. The summed E-state index contributed by atoms with van der Waals surface area (Å²) in [5, 5.41) is 3.31. The molecular weight excluding hydrogens is 190 g/mol. The minimum Gasteiger partial charge on any atom is -0.336 e. The zero-order valence-corrected chi connectivity index (χ0v) is 8.93. The molecule has 3 N–H and O–H groups in total. The van der Waals surface area contributed by atoms with Crippen molar-refractivity contribution in [3.8, 4) is 0 Å².